The van der Waals surface area contributed by atoms with E-state index in [0.717, 1.165) is 0 Å². The van der Waals surface area contributed by atoms with Crippen LogP contribution in [0.3, 0.4) is 0 Å². The molecule has 0 radical (unpaired) electrons. The second kappa shape index (κ2) is 8.16. The maximum atomic E-state index is 11.0. The van der Waals surface area contributed by atoms with Gasteiger partial charge in [-0.3, -0.25) is 10.1 Å². The summed E-state index contributed by atoms with van der Waals surface area (Å²) in [6.07, 6.45) is -1.47. The third kappa shape index (κ3) is 5.13. The summed E-state index contributed by atoms with van der Waals surface area (Å²) in [4.78, 5) is 10.4. The summed E-state index contributed by atoms with van der Waals surface area (Å²) in [7, 11) is -2.11. The van der Waals surface area contributed by atoms with Crippen molar-refractivity contribution in [3.63, 3.8) is 0 Å². The standard InChI is InChI=1S/C19H33NO5Si/c1-9-24-17(25-26(7,8)18(2,3)4)19(5,6)16(21)14-10-12-15(13-11-14)20(22)23/h10-13,16-17,21H,9H2,1-8H3. The minimum Gasteiger partial charge on any atom is -0.392 e. The van der Waals surface area contributed by atoms with Gasteiger partial charge in [0.05, 0.1) is 11.0 Å². The van der Waals surface area contributed by atoms with E-state index in [2.05, 4.69) is 33.9 Å². The van der Waals surface area contributed by atoms with Crippen LogP contribution in [0.15, 0.2) is 24.3 Å². The van der Waals surface area contributed by atoms with Crippen molar-refractivity contribution in [2.24, 2.45) is 5.41 Å². The summed E-state index contributed by atoms with van der Waals surface area (Å²) in [6, 6.07) is 5.97. The van der Waals surface area contributed by atoms with Crippen LogP contribution in [0.5, 0.6) is 0 Å². The fourth-order valence-electron chi connectivity index (χ4n) is 2.33. The van der Waals surface area contributed by atoms with Crippen molar-refractivity contribution in [3.8, 4) is 0 Å². The van der Waals surface area contributed by atoms with Crippen LogP contribution in [-0.4, -0.2) is 31.2 Å². The molecule has 0 bridgehead atoms. The summed E-state index contributed by atoms with van der Waals surface area (Å²) in [5.74, 6) is 0. The van der Waals surface area contributed by atoms with E-state index in [0.29, 0.717) is 12.2 Å². The van der Waals surface area contributed by atoms with Crippen LogP contribution in [0, 0.1) is 15.5 Å². The molecule has 2 atom stereocenters. The highest BCUT2D eigenvalue weighted by atomic mass is 28.4. The number of hydrogen-bond donors (Lipinski definition) is 1. The number of non-ortho nitro benzene ring substituents is 1. The topological polar surface area (TPSA) is 81.8 Å². The predicted octanol–water partition coefficient (Wildman–Crippen LogP) is 5.04. The fraction of sp³-hybridized carbons (Fsp3) is 0.684. The van der Waals surface area contributed by atoms with E-state index in [4.69, 9.17) is 9.16 Å². The van der Waals surface area contributed by atoms with Gasteiger partial charge in [0.25, 0.3) is 5.69 Å². The molecule has 0 heterocycles. The zero-order valence-electron chi connectivity index (χ0n) is 17.2. The highest BCUT2D eigenvalue weighted by Crippen LogP contribution is 2.44. The molecule has 0 saturated carbocycles. The zero-order chi connectivity index (χ0) is 20.3. The first-order valence-corrected chi connectivity index (χ1v) is 11.9. The molecule has 2 unspecified atom stereocenters. The zero-order valence-corrected chi connectivity index (χ0v) is 18.2. The number of nitrogens with zero attached hydrogens (tertiary/aromatic N) is 1. The number of rotatable bonds is 8. The van der Waals surface area contributed by atoms with Gasteiger partial charge in [0, 0.05) is 24.2 Å². The Morgan fingerprint density at radius 2 is 1.65 bits per heavy atom. The maximum absolute atomic E-state index is 11.0. The quantitative estimate of drug-likeness (QED) is 0.294. The van der Waals surface area contributed by atoms with Crippen LogP contribution in [0.2, 0.25) is 18.1 Å². The molecule has 0 aromatic heterocycles. The van der Waals surface area contributed by atoms with E-state index in [1.807, 2.05) is 20.8 Å². The molecule has 0 spiro atoms. The average Bonchev–Trinajstić information content (AvgIpc) is 2.52. The molecule has 1 aromatic carbocycles. The van der Waals surface area contributed by atoms with Crippen LogP contribution in [0.25, 0.3) is 0 Å². The van der Waals surface area contributed by atoms with Crippen molar-refractivity contribution in [1.82, 2.24) is 0 Å². The molecule has 1 rings (SSSR count). The summed E-state index contributed by atoms with van der Waals surface area (Å²) < 4.78 is 12.3. The molecule has 6 nitrogen and oxygen atoms in total. The van der Waals surface area contributed by atoms with Crippen molar-refractivity contribution in [2.75, 3.05) is 6.61 Å². The molecule has 0 fully saturated rings. The molecule has 1 N–H and O–H groups in total. The lowest BCUT2D eigenvalue weighted by Gasteiger charge is -2.45. The number of aliphatic hydroxyl groups excluding tert-OH is 1. The highest BCUT2D eigenvalue weighted by Gasteiger charge is 2.46. The first-order valence-electron chi connectivity index (χ1n) is 8.96. The van der Waals surface area contributed by atoms with Gasteiger partial charge in [-0.1, -0.05) is 34.6 Å². The lowest BCUT2D eigenvalue weighted by molar-refractivity contribution is -0.384. The third-order valence-electron chi connectivity index (χ3n) is 5.26. The largest absolute Gasteiger partial charge is 0.392 e. The molecule has 148 valence electrons. The molecule has 0 aliphatic rings. The van der Waals surface area contributed by atoms with Crippen molar-refractivity contribution < 1.29 is 19.2 Å². The van der Waals surface area contributed by atoms with Crippen molar-refractivity contribution in [1.29, 1.82) is 0 Å². The number of nitro groups is 1. The summed E-state index contributed by atoms with van der Waals surface area (Å²) in [5, 5.41) is 21.8. The Bertz CT molecular complexity index is 607. The van der Waals surface area contributed by atoms with Crippen LogP contribution in [0.4, 0.5) is 5.69 Å². The lowest BCUT2D eigenvalue weighted by Crippen LogP contribution is -2.50. The van der Waals surface area contributed by atoms with Gasteiger partial charge in [0.15, 0.2) is 14.6 Å². The number of benzene rings is 1. The smallest absolute Gasteiger partial charge is 0.269 e. The fourth-order valence-corrected chi connectivity index (χ4v) is 3.59. The maximum Gasteiger partial charge on any atom is 0.269 e. The van der Waals surface area contributed by atoms with Gasteiger partial charge in [0.2, 0.25) is 0 Å². The van der Waals surface area contributed by atoms with Crippen molar-refractivity contribution in [2.45, 2.75) is 72.1 Å². The van der Waals surface area contributed by atoms with Gasteiger partial charge in [-0.2, -0.15) is 0 Å². The molecular weight excluding hydrogens is 350 g/mol. The first-order chi connectivity index (χ1) is 11.7. The number of aliphatic hydroxyl groups is 1. The number of ether oxygens (including phenoxy) is 1. The molecular formula is C19H33NO5Si. The summed E-state index contributed by atoms with van der Waals surface area (Å²) >= 11 is 0. The van der Waals surface area contributed by atoms with Crippen LogP contribution < -0.4 is 0 Å². The van der Waals surface area contributed by atoms with Gasteiger partial charge in [-0.15, -0.1) is 0 Å². The first kappa shape index (κ1) is 22.8. The van der Waals surface area contributed by atoms with Gasteiger partial charge in [-0.25, -0.2) is 0 Å². The molecule has 26 heavy (non-hydrogen) atoms. The van der Waals surface area contributed by atoms with E-state index in [9.17, 15) is 15.2 Å². The SMILES string of the molecule is CCOC(O[Si](C)(C)C(C)(C)C)C(C)(C)C(O)c1ccc([N+](=O)[O-])cc1. The van der Waals surface area contributed by atoms with Crippen LogP contribution >= 0.6 is 0 Å². The Labute approximate surface area is 157 Å². The van der Waals surface area contributed by atoms with E-state index < -0.39 is 31.0 Å². The van der Waals surface area contributed by atoms with Gasteiger partial charge in [-0.05, 0) is 42.8 Å². The van der Waals surface area contributed by atoms with E-state index >= 15 is 0 Å². The summed E-state index contributed by atoms with van der Waals surface area (Å²) in [5.41, 5.74) is -0.136. The van der Waals surface area contributed by atoms with Gasteiger partial charge in [0.1, 0.15) is 0 Å². The molecule has 7 heteroatoms. The minimum atomic E-state index is -2.11. The van der Waals surface area contributed by atoms with Gasteiger partial charge < -0.3 is 14.3 Å². The Morgan fingerprint density at radius 3 is 2.04 bits per heavy atom. The van der Waals surface area contributed by atoms with E-state index in [-0.39, 0.29) is 10.7 Å². The minimum absolute atomic E-state index is 0.00219. The van der Waals surface area contributed by atoms with E-state index in [1.165, 1.54) is 12.1 Å². The van der Waals surface area contributed by atoms with Crippen molar-refractivity contribution >= 4 is 14.0 Å². The Kier molecular flexibility index (Phi) is 7.15. The Morgan fingerprint density at radius 1 is 1.15 bits per heavy atom. The molecule has 0 aliphatic carbocycles. The molecule has 0 aliphatic heterocycles. The number of nitro benzene ring substituents is 1. The second-order valence-electron chi connectivity index (χ2n) is 8.74. The highest BCUT2D eigenvalue weighted by molar-refractivity contribution is 6.74. The van der Waals surface area contributed by atoms with Crippen molar-refractivity contribution in [3.05, 3.63) is 39.9 Å². The Hall–Kier alpha value is -1.28. The monoisotopic (exact) mass is 383 g/mol. The average molecular weight is 384 g/mol. The normalized spacial score (nSPS) is 15.6. The van der Waals surface area contributed by atoms with Crippen LogP contribution in [0.1, 0.15) is 53.2 Å². The van der Waals surface area contributed by atoms with Crippen LogP contribution in [-0.2, 0) is 9.16 Å². The Balaban J connectivity index is 3.13. The number of hydrogen-bond acceptors (Lipinski definition) is 5. The predicted molar refractivity (Wildman–Crippen MR) is 106 cm³/mol. The summed E-state index contributed by atoms with van der Waals surface area (Å²) in [6.45, 7) is 16.9. The van der Waals surface area contributed by atoms with E-state index in [1.54, 1.807) is 12.1 Å². The molecule has 0 saturated heterocycles. The molecule has 0 amide bonds. The van der Waals surface area contributed by atoms with Gasteiger partial charge >= 0.3 is 0 Å². The second-order valence-corrected chi connectivity index (χ2v) is 13.5. The molecule has 1 aromatic rings. The third-order valence-corrected chi connectivity index (χ3v) is 9.67. The lowest BCUT2D eigenvalue weighted by atomic mass is 9.82.